The van der Waals surface area contributed by atoms with Crippen LogP contribution in [0.4, 0.5) is 0 Å². The van der Waals surface area contributed by atoms with Crippen LogP contribution in [0.15, 0.2) is 24.3 Å². The second-order valence-electron chi connectivity index (χ2n) is 5.15. The molecule has 1 aliphatic rings. The van der Waals surface area contributed by atoms with E-state index >= 15 is 0 Å². The molecule has 2 N–H and O–H groups in total. The molecule has 6 heteroatoms. The zero-order valence-corrected chi connectivity index (χ0v) is 12.6. The molecule has 1 heterocycles. The normalized spacial score (nSPS) is 19.4. The van der Waals surface area contributed by atoms with Gasteiger partial charge in [0.2, 0.25) is 11.8 Å². The summed E-state index contributed by atoms with van der Waals surface area (Å²) >= 11 is 6.00. The number of aliphatic hydroxyl groups excluding tert-OH is 1. The summed E-state index contributed by atoms with van der Waals surface area (Å²) in [7, 11) is 0. The maximum atomic E-state index is 12.1. The van der Waals surface area contributed by atoms with Crippen LogP contribution in [0.2, 0.25) is 5.02 Å². The molecule has 0 spiro atoms. The number of carbonyl (C=O) groups excluding carboxylic acids is 2. The molecule has 0 radical (unpaired) electrons. The van der Waals surface area contributed by atoms with E-state index in [0.717, 1.165) is 6.42 Å². The molecule has 1 aliphatic heterocycles. The lowest BCUT2D eigenvalue weighted by Crippen LogP contribution is -2.46. The molecule has 0 aromatic heterocycles. The van der Waals surface area contributed by atoms with Gasteiger partial charge in [0.05, 0.1) is 6.10 Å². The van der Waals surface area contributed by atoms with Crippen LogP contribution in [-0.2, 0) is 9.59 Å². The summed E-state index contributed by atoms with van der Waals surface area (Å²) in [6.45, 7) is 2.15. The highest BCUT2D eigenvalue weighted by Crippen LogP contribution is 2.22. The van der Waals surface area contributed by atoms with Crippen molar-refractivity contribution in [2.24, 2.45) is 0 Å². The van der Waals surface area contributed by atoms with Crippen LogP contribution < -0.4 is 5.32 Å². The van der Waals surface area contributed by atoms with Crippen molar-refractivity contribution in [1.82, 2.24) is 10.2 Å². The van der Waals surface area contributed by atoms with Gasteiger partial charge >= 0.3 is 0 Å². The summed E-state index contributed by atoms with van der Waals surface area (Å²) in [6, 6.07) is 6.54. The maximum Gasteiger partial charge on any atom is 0.242 e. The molecule has 2 unspecified atom stereocenters. The van der Waals surface area contributed by atoms with E-state index in [1.54, 1.807) is 29.2 Å². The molecule has 1 aromatic rings. The quantitative estimate of drug-likeness (QED) is 0.885. The molecular weight excluding hydrogens is 292 g/mol. The summed E-state index contributed by atoms with van der Waals surface area (Å²) in [5.74, 6) is -0.326. The van der Waals surface area contributed by atoms with E-state index in [0.29, 0.717) is 23.6 Å². The van der Waals surface area contributed by atoms with Gasteiger partial charge in [0, 0.05) is 30.6 Å². The number of hydrogen-bond donors (Lipinski definition) is 2. The topological polar surface area (TPSA) is 69.6 Å². The number of rotatable bonds is 4. The fourth-order valence-electron chi connectivity index (χ4n) is 2.59. The van der Waals surface area contributed by atoms with Crippen molar-refractivity contribution in [3.8, 4) is 0 Å². The van der Waals surface area contributed by atoms with Crippen LogP contribution in [0.1, 0.15) is 31.4 Å². The first-order chi connectivity index (χ1) is 10.0. The lowest BCUT2D eigenvalue weighted by Gasteiger charge is -2.23. The van der Waals surface area contributed by atoms with Gasteiger partial charge in [-0.15, -0.1) is 0 Å². The van der Waals surface area contributed by atoms with Crippen LogP contribution in [-0.4, -0.2) is 41.0 Å². The van der Waals surface area contributed by atoms with Crippen molar-refractivity contribution in [3.63, 3.8) is 0 Å². The smallest absolute Gasteiger partial charge is 0.242 e. The fourth-order valence-corrected chi connectivity index (χ4v) is 2.85. The summed E-state index contributed by atoms with van der Waals surface area (Å²) in [4.78, 5) is 25.1. The predicted molar refractivity (Wildman–Crippen MR) is 79.8 cm³/mol. The second kappa shape index (κ2) is 6.91. The Morgan fingerprint density at radius 2 is 2.19 bits per heavy atom. The second-order valence-corrected chi connectivity index (χ2v) is 5.56. The third-order valence-electron chi connectivity index (χ3n) is 3.69. The number of nitrogens with zero attached hydrogens (tertiary/aromatic N) is 1. The summed E-state index contributed by atoms with van der Waals surface area (Å²) < 4.78 is 0. The zero-order chi connectivity index (χ0) is 15.4. The number of nitrogens with one attached hydrogen (secondary N) is 1. The molecule has 2 amide bonds. The molecule has 1 fully saturated rings. The first kappa shape index (κ1) is 15.8. The van der Waals surface area contributed by atoms with E-state index in [1.165, 1.54) is 6.92 Å². The highest BCUT2D eigenvalue weighted by molar-refractivity contribution is 6.31. The van der Waals surface area contributed by atoms with Gasteiger partial charge in [0.15, 0.2) is 0 Å². The monoisotopic (exact) mass is 310 g/mol. The Kier molecular flexibility index (Phi) is 5.20. The van der Waals surface area contributed by atoms with E-state index in [9.17, 15) is 14.7 Å². The first-order valence-electron chi connectivity index (χ1n) is 6.98. The van der Waals surface area contributed by atoms with Gasteiger partial charge in [-0.05, 0) is 18.9 Å². The van der Waals surface area contributed by atoms with Crippen LogP contribution in [0.25, 0.3) is 0 Å². The minimum Gasteiger partial charge on any atom is -0.387 e. The van der Waals surface area contributed by atoms with Gasteiger partial charge in [-0.1, -0.05) is 29.8 Å². The zero-order valence-electron chi connectivity index (χ0n) is 11.9. The van der Waals surface area contributed by atoms with Crippen LogP contribution in [0.3, 0.4) is 0 Å². The molecule has 2 rings (SSSR count). The Balaban J connectivity index is 1.92. The number of halogens is 1. The summed E-state index contributed by atoms with van der Waals surface area (Å²) in [5, 5.41) is 13.2. The Morgan fingerprint density at radius 3 is 2.86 bits per heavy atom. The highest BCUT2D eigenvalue weighted by atomic mass is 35.5. The van der Waals surface area contributed by atoms with E-state index in [-0.39, 0.29) is 18.4 Å². The van der Waals surface area contributed by atoms with Crippen molar-refractivity contribution in [2.45, 2.75) is 31.9 Å². The highest BCUT2D eigenvalue weighted by Gasteiger charge is 2.32. The summed E-state index contributed by atoms with van der Waals surface area (Å²) in [6.07, 6.45) is 0.619. The van der Waals surface area contributed by atoms with Gasteiger partial charge < -0.3 is 15.3 Å². The Hall–Kier alpha value is -1.59. The Bertz CT molecular complexity index is 535. The van der Waals surface area contributed by atoms with Crippen molar-refractivity contribution in [3.05, 3.63) is 34.9 Å². The van der Waals surface area contributed by atoms with Crippen LogP contribution >= 0.6 is 11.6 Å². The van der Waals surface area contributed by atoms with Gasteiger partial charge in [-0.3, -0.25) is 9.59 Å². The van der Waals surface area contributed by atoms with Gasteiger partial charge in [0.1, 0.15) is 6.04 Å². The number of amides is 2. The lowest BCUT2D eigenvalue weighted by molar-refractivity contribution is -0.137. The SMILES string of the molecule is CC(=O)N1CCCC1C(=O)NCC(O)c1ccccc1Cl. The molecule has 2 atom stereocenters. The van der Waals surface area contributed by atoms with E-state index in [1.807, 2.05) is 0 Å². The van der Waals surface area contributed by atoms with Crippen molar-refractivity contribution in [2.75, 3.05) is 13.1 Å². The van der Waals surface area contributed by atoms with E-state index in [2.05, 4.69) is 5.32 Å². The minimum atomic E-state index is -0.866. The third kappa shape index (κ3) is 3.74. The van der Waals surface area contributed by atoms with E-state index < -0.39 is 12.1 Å². The van der Waals surface area contributed by atoms with Gasteiger partial charge in [-0.25, -0.2) is 0 Å². The molecule has 0 aliphatic carbocycles. The number of aliphatic hydroxyl groups is 1. The molecule has 5 nitrogen and oxygen atoms in total. The Labute approximate surface area is 128 Å². The molecule has 114 valence electrons. The average Bonchev–Trinajstić information content (AvgIpc) is 2.94. The predicted octanol–water partition coefficient (Wildman–Crippen LogP) is 1.50. The summed E-state index contributed by atoms with van der Waals surface area (Å²) in [5.41, 5.74) is 0.578. The molecule has 21 heavy (non-hydrogen) atoms. The fraction of sp³-hybridized carbons (Fsp3) is 0.467. The van der Waals surface area contributed by atoms with Gasteiger partial charge in [-0.2, -0.15) is 0 Å². The van der Waals surface area contributed by atoms with Crippen molar-refractivity contribution >= 4 is 23.4 Å². The molecule has 1 aromatic carbocycles. The molecule has 0 saturated carbocycles. The van der Waals surface area contributed by atoms with Crippen molar-refractivity contribution in [1.29, 1.82) is 0 Å². The maximum absolute atomic E-state index is 12.1. The van der Waals surface area contributed by atoms with Gasteiger partial charge in [0.25, 0.3) is 0 Å². The number of likely N-dealkylation sites (tertiary alicyclic amines) is 1. The number of benzene rings is 1. The van der Waals surface area contributed by atoms with Crippen LogP contribution in [0, 0.1) is 0 Å². The average molecular weight is 311 g/mol. The Morgan fingerprint density at radius 1 is 1.48 bits per heavy atom. The van der Waals surface area contributed by atoms with Crippen molar-refractivity contribution < 1.29 is 14.7 Å². The number of hydrogen-bond acceptors (Lipinski definition) is 3. The van der Waals surface area contributed by atoms with Crippen LogP contribution in [0.5, 0.6) is 0 Å². The van der Waals surface area contributed by atoms with E-state index in [4.69, 9.17) is 11.6 Å². The lowest BCUT2D eigenvalue weighted by atomic mass is 10.1. The molecular formula is C15H19ClN2O3. The minimum absolute atomic E-state index is 0.0742. The first-order valence-corrected chi connectivity index (χ1v) is 7.36. The largest absolute Gasteiger partial charge is 0.387 e. The third-order valence-corrected chi connectivity index (χ3v) is 4.04. The molecule has 1 saturated heterocycles. The standard InChI is InChI=1S/C15H19ClN2O3/c1-10(19)18-8-4-7-13(18)15(21)17-9-14(20)11-5-2-3-6-12(11)16/h2-3,5-6,13-14,20H,4,7-9H2,1H3,(H,17,21). The molecule has 0 bridgehead atoms. The number of carbonyl (C=O) groups is 2.